The lowest BCUT2D eigenvalue weighted by molar-refractivity contribution is -0.162. The summed E-state index contributed by atoms with van der Waals surface area (Å²) < 4.78 is 5.50. The zero-order valence-corrected chi connectivity index (χ0v) is 27.5. The van der Waals surface area contributed by atoms with Crippen LogP contribution in [0.3, 0.4) is 0 Å². The first kappa shape index (κ1) is 41.8. The first-order valence-corrected chi connectivity index (χ1v) is 16.4. The van der Waals surface area contributed by atoms with Crippen LogP contribution in [0.5, 0.6) is 0 Å². The summed E-state index contributed by atoms with van der Waals surface area (Å²) in [6.07, 6.45) is 4.64. The highest BCUT2D eigenvalue weighted by atomic mass is 16.6. The van der Waals surface area contributed by atoms with Gasteiger partial charge < -0.3 is 50.7 Å². The van der Waals surface area contributed by atoms with Crippen molar-refractivity contribution in [3.05, 3.63) is 60.3 Å². The molecule has 0 unspecified atom stereocenters. The average molecular weight is 655 g/mol. The Kier molecular flexibility index (Phi) is 21.1. The number of hydrogen-bond donors (Lipinski definition) is 9. The van der Waals surface area contributed by atoms with Crippen molar-refractivity contribution in [1.29, 1.82) is 0 Å². The van der Waals surface area contributed by atoms with E-state index < -0.39 is 72.9 Å². The SMILES string of the molecule is CCCCCC[C@@H]1C(=O)O[C@H](C)[C@@H](O)\C=C/C=C\C=C/C=C\C=C(\C)[C@H](O)[C@H](O)[C@@H](O)C[C@@H](O)C[C@H](O)C[C@H](O)C[C@H](O)C[C@H]1O. The van der Waals surface area contributed by atoms with E-state index in [1.807, 2.05) is 0 Å². The maximum absolute atomic E-state index is 13.1. The Balaban J connectivity index is 3.13. The molecule has 0 amide bonds. The van der Waals surface area contributed by atoms with Crippen molar-refractivity contribution in [2.45, 2.75) is 146 Å². The van der Waals surface area contributed by atoms with Crippen molar-refractivity contribution < 1.29 is 55.5 Å². The summed E-state index contributed by atoms with van der Waals surface area (Å²) in [6, 6.07) is 0. The van der Waals surface area contributed by atoms with Crippen molar-refractivity contribution >= 4 is 5.97 Å². The number of rotatable bonds is 5. The summed E-state index contributed by atoms with van der Waals surface area (Å²) in [5, 5.41) is 94.4. The lowest BCUT2D eigenvalue weighted by Gasteiger charge is -2.27. The van der Waals surface area contributed by atoms with Gasteiger partial charge >= 0.3 is 5.97 Å². The predicted molar refractivity (Wildman–Crippen MR) is 175 cm³/mol. The maximum Gasteiger partial charge on any atom is 0.311 e. The number of carbonyl (C=O) groups is 1. The minimum absolute atomic E-state index is 0.210. The summed E-state index contributed by atoms with van der Waals surface area (Å²) in [7, 11) is 0. The van der Waals surface area contributed by atoms with E-state index in [1.165, 1.54) is 6.08 Å². The second-order valence-corrected chi connectivity index (χ2v) is 12.4. The molecule has 0 aromatic carbocycles. The standard InChI is InChI=1S/C35H58O11/c1-4-5-6-13-16-29-31(41)21-27(38)19-25(36)18-26(37)20-28(39)22-32(42)34(44)33(43)23(2)15-12-10-8-7-9-11-14-17-30(40)24(3)46-35(29)45/h7-12,14-15,17,24-34,36-44H,4-6,13,16,18-22H2,1-3H3/b8-7-,11-9-,12-10-,17-14-,23-15-/t24-,25+,26-,27+,28+,29+,30+,31-,32+,33+,34-/m1/s1. The molecule has 264 valence electrons. The molecule has 1 aliphatic rings. The third kappa shape index (κ3) is 17.1. The number of allylic oxidation sites excluding steroid dienone is 8. The molecular weight excluding hydrogens is 596 g/mol. The normalized spacial score (nSPS) is 39.5. The number of cyclic esters (lactones) is 1. The van der Waals surface area contributed by atoms with Gasteiger partial charge in [0, 0.05) is 12.8 Å². The van der Waals surface area contributed by atoms with Gasteiger partial charge in [-0.15, -0.1) is 0 Å². The van der Waals surface area contributed by atoms with E-state index in [0.717, 1.165) is 19.3 Å². The number of hydrogen-bond acceptors (Lipinski definition) is 11. The highest BCUT2D eigenvalue weighted by molar-refractivity contribution is 5.73. The van der Waals surface area contributed by atoms with Crippen LogP contribution in [-0.4, -0.2) is 113 Å². The number of carbonyl (C=O) groups excluding carboxylic acids is 1. The van der Waals surface area contributed by atoms with E-state index in [-0.39, 0.29) is 32.1 Å². The Bertz CT molecular complexity index is 991. The van der Waals surface area contributed by atoms with E-state index in [2.05, 4.69) is 6.92 Å². The van der Waals surface area contributed by atoms with Crippen LogP contribution in [-0.2, 0) is 9.53 Å². The molecule has 0 bridgehead atoms. The lowest BCUT2D eigenvalue weighted by Crippen LogP contribution is -2.40. The molecule has 1 rings (SSSR count). The van der Waals surface area contributed by atoms with Crippen molar-refractivity contribution in [2.24, 2.45) is 5.92 Å². The minimum Gasteiger partial charge on any atom is -0.459 e. The fourth-order valence-corrected chi connectivity index (χ4v) is 5.23. The van der Waals surface area contributed by atoms with Crippen LogP contribution in [0, 0.1) is 5.92 Å². The van der Waals surface area contributed by atoms with Crippen LogP contribution >= 0.6 is 0 Å². The molecule has 0 aromatic rings. The molecule has 11 heteroatoms. The van der Waals surface area contributed by atoms with Crippen LogP contribution in [0.15, 0.2) is 60.3 Å². The molecule has 0 aromatic heterocycles. The fourth-order valence-electron chi connectivity index (χ4n) is 5.23. The van der Waals surface area contributed by atoms with Gasteiger partial charge in [0.2, 0.25) is 0 Å². The molecule has 46 heavy (non-hydrogen) atoms. The zero-order chi connectivity index (χ0) is 34.6. The monoisotopic (exact) mass is 654 g/mol. The molecule has 0 spiro atoms. The molecule has 0 saturated carbocycles. The fraction of sp³-hybridized carbons (Fsp3) is 0.686. The van der Waals surface area contributed by atoms with Gasteiger partial charge in [-0.3, -0.25) is 4.79 Å². The molecule has 11 atom stereocenters. The number of aliphatic hydroxyl groups is 9. The van der Waals surface area contributed by atoms with E-state index in [0.29, 0.717) is 18.4 Å². The molecule has 11 nitrogen and oxygen atoms in total. The zero-order valence-electron chi connectivity index (χ0n) is 27.5. The predicted octanol–water partition coefficient (Wildman–Crippen LogP) is 1.89. The van der Waals surface area contributed by atoms with Gasteiger partial charge in [-0.05, 0) is 45.1 Å². The Morgan fingerprint density at radius 1 is 0.674 bits per heavy atom. The minimum atomic E-state index is -1.59. The third-order valence-corrected chi connectivity index (χ3v) is 8.10. The van der Waals surface area contributed by atoms with Gasteiger partial charge in [0.25, 0.3) is 0 Å². The second kappa shape index (κ2) is 23.2. The van der Waals surface area contributed by atoms with Gasteiger partial charge in [0.05, 0.1) is 42.5 Å². The van der Waals surface area contributed by atoms with Crippen LogP contribution in [0.4, 0.5) is 0 Å². The summed E-state index contributed by atoms with van der Waals surface area (Å²) >= 11 is 0. The van der Waals surface area contributed by atoms with Gasteiger partial charge in [-0.25, -0.2) is 0 Å². The molecule has 0 aliphatic carbocycles. The molecule has 9 N–H and O–H groups in total. The smallest absolute Gasteiger partial charge is 0.311 e. The second-order valence-electron chi connectivity index (χ2n) is 12.4. The number of ether oxygens (including phenoxy) is 1. The van der Waals surface area contributed by atoms with Gasteiger partial charge in [-0.2, -0.15) is 0 Å². The summed E-state index contributed by atoms with van der Waals surface area (Å²) in [5.74, 6) is -1.64. The topological polar surface area (TPSA) is 208 Å². The van der Waals surface area contributed by atoms with Crippen LogP contribution in [0.25, 0.3) is 0 Å². The number of aliphatic hydroxyl groups excluding tert-OH is 9. The molecular formula is C35H58O11. The van der Waals surface area contributed by atoms with Gasteiger partial charge in [0.15, 0.2) is 0 Å². The molecule has 1 heterocycles. The Morgan fingerprint density at radius 3 is 1.74 bits per heavy atom. The summed E-state index contributed by atoms with van der Waals surface area (Å²) in [5.41, 5.74) is 0.371. The van der Waals surface area contributed by atoms with E-state index in [4.69, 9.17) is 4.74 Å². The van der Waals surface area contributed by atoms with Crippen LogP contribution in [0.2, 0.25) is 0 Å². The van der Waals surface area contributed by atoms with Crippen LogP contribution in [0.1, 0.15) is 85.0 Å². The third-order valence-electron chi connectivity index (χ3n) is 8.10. The Morgan fingerprint density at radius 2 is 1.17 bits per heavy atom. The van der Waals surface area contributed by atoms with Gasteiger partial charge in [-0.1, -0.05) is 87.3 Å². The molecule has 0 saturated heterocycles. The molecule has 1 aliphatic heterocycles. The number of esters is 1. The van der Waals surface area contributed by atoms with Crippen molar-refractivity contribution in [1.82, 2.24) is 0 Å². The van der Waals surface area contributed by atoms with Gasteiger partial charge in [0.1, 0.15) is 24.4 Å². The highest BCUT2D eigenvalue weighted by Gasteiger charge is 2.33. The largest absolute Gasteiger partial charge is 0.459 e. The molecule has 0 fully saturated rings. The Labute approximate surface area is 273 Å². The van der Waals surface area contributed by atoms with E-state index in [1.54, 1.807) is 62.5 Å². The van der Waals surface area contributed by atoms with Crippen molar-refractivity contribution in [3.8, 4) is 0 Å². The van der Waals surface area contributed by atoms with E-state index >= 15 is 0 Å². The summed E-state index contributed by atoms with van der Waals surface area (Å²) in [6.45, 7) is 5.17. The first-order chi connectivity index (χ1) is 21.8. The average Bonchev–Trinajstić information content (AvgIpc) is 2.97. The Hall–Kier alpha value is -2.19. The van der Waals surface area contributed by atoms with Crippen molar-refractivity contribution in [2.75, 3.05) is 0 Å². The quantitative estimate of drug-likeness (QED) is 0.154. The lowest BCUT2D eigenvalue weighted by atomic mass is 9.89. The number of unbranched alkanes of at least 4 members (excludes halogenated alkanes) is 3. The summed E-state index contributed by atoms with van der Waals surface area (Å²) in [4.78, 5) is 13.1. The van der Waals surface area contributed by atoms with Crippen LogP contribution < -0.4 is 0 Å². The first-order valence-electron chi connectivity index (χ1n) is 16.4. The van der Waals surface area contributed by atoms with Crippen molar-refractivity contribution in [3.63, 3.8) is 0 Å². The highest BCUT2D eigenvalue weighted by Crippen LogP contribution is 2.23. The maximum atomic E-state index is 13.1. The molecule has 0 radical (unpaired) electrons. The van der Waals surface area contributed by atoms with E-state index in [9.17, 15) is 50.8 Å².